The van der Waals surface area contributed by atoms with Gasteiger partial charge in [0.2, 0.25) is 0 Å². The van der Waals surface area contributed by atoms with Gasteiger partial charge in [0, 0.05) is 0 Å². The van der Waals surface area contributed by atoms with E-state index >= 15 is 0 Å². The maximum atomic E-state index is 10.3. The molecule has 0 bridgehead atoms. The minimum atomic E-state index is -0.240. The third-order valence-electron chi connectivity index (χ3n) is 5.36. The highest BCUT2D eigenvalue weighted by atomic mass is 35.5. The van der Waals surface area contributed by atoms with E-state index in [4.69, 9.17) is 0 Å². The average Bonchev–Trinajstić information content (AvgIpc) is 2.58. The Kier molecular flexibility index (Phi) is 19.3. The van der Waals surface area contributed by atoms with Crippen LogP contribution in [-0.4, -0.2) is 53.1 Å². The molecule has 2 atom stereocenters. The maximum absolute atomic E-state index is 10.3. The van der Waals surface area contributed by atoms with Gasteiger partial charge in [0.1, 0.15) is 25.3 Å². The summed E-state index contributed by atoms with van der Waals surface area (Å²) in [5, 5.41) is 20.7. The van der Waals surface area contributed by atoms with Crippen molar-refractivity contribution in [1.82, 2.24) is 0 Å². The van der Waals surface area contributed by atoms with Crippen LogP contribution in [0.3, 0.4) is 0 Å². The molecule has 2 unspecified atom stereocenters. The zero-order chi connectivity index (χ0) is 18.3. The Morgan fingerprint density at radius 3 is 1.32 bits per heavy atom. The van der Waals surface area contributed by atoms with Crippen LogP contribution < -0.4 is 12.4 Å². The van der Waals surface area contributed by atoms with E-state index in [1.54, 1.807) is 0 Å². The van der Waals surface area contributed by atoms with E-state index in [0.29, 0.717) is 0 Å². The summed E-state index contributed by atoms with van der Waals surface area (Å²) in [6.07, 6.45) is 12.6. The van der Waals surface area contributed by atoms with Gasteiger partial charge in [-0.3, -0.25) is 0 Å². The van der Waals surface area contributed by atoms with Crippen molar-refractivity contribution < 1.29 is 27.1 Å². The smallest absolute Gasteiger partial charge is 0.105 e. The van der Waals surface area contributed by atoms with Crippen molar-refractivity contribution in [2.75, 3.05) is 26.2 Å². The monoisotopic (exact) mass is 379 g/mol. The Morgan fingerprint density at radius 1 is 0.600 bits per heavy atom. The molecule has 0 saturated carbocycles. The summed E-state index contributed by atoms with van der Waals surface area (Å²) in [6.45, 7) is 12.5. The van der Waals surface area contributed by atoms with Crippen molar-refractivity contribution in [2.24, 2.45) is 0 Å². The largest absolute Gasteiger partial charge is 1.00 e. The fourth-order valence-corrected chi connectivity index (χ4v) is 3.63. The number of unbranched alkanes of at least 4 members (excludes halogenated alkanes) is 7. The predicted molar refractivity (Wildman–Crippen MR) is 105 cm³/mol. The minimum absolute atomic E-state index is 0. The highest BCUT2D eigenvalue weighted by Crippen LogP contribution is 2.19. The van der Waals surface area contributed by atoms with Crippen molar-refractivity contribution in [1.29, 1.82) is 0 Å². The highest BCUT2D eigenvalue weighted by molar-refractivity contribution is 4.60. The van der Waals surface area contributed by atoms with Crippen LogP contribution in [0.5, 0.6) is 0 Å². The number of nitrogens with zero attached hydrogens (tertiary/aromatic N) is 1. The quantitative estimate of drug-likeness (QED) is 0.299. The lowest BCUT2D eigenvalue weighted by molar-refractivity contribution is -0.934. The summed E-state index contributed by atoms with van der Waals surface area (Å²) >= 11 is 0. The van der Waals surface area contributed by atoms with Gasteiger partial charge in [-0.05, 0) is 38.5 Å². The first-order chi connectivity index (χ1) is 11.5. The predicted octanol–water partition coefficient (Wildman–Crippen LogP) is 1.90. The molecule has 154 valence electrons. The molecule has 25 heavy (non-hydrogen) atoms. The van der Waals surface area contributed by atoms with E-state index in [2.05, 4.69) is 27.7 Å². The average molecular weight is 380 g/mol. The summed E-state index contributed by atoms with van der Waals surface area (Å²) in [6, 6.07) is 0. The lowest BCUT2D eigenvalue weighted by atomic mass is 10.1. The third kappa shape index (κ3) is 14.0. The molecule has 0 heterocycles. The summed E-state index contributed by atoms with van der Waals surface area (Å²) in [7, 11) is 0. The number of aliphatic hydroxyl groups excluding tert-OH is 2. The highest BCUT2D eigenvalue weighted by Gasteiger charge is 2.31. The van der Waals surface area contributed by atoms with Crippen LogP contribution >= 0.6 is 0 Å². The van der Waals surface area contributed by atoms with Crippen LogP contribution in [0.1, 0.15) is 98.3 Å². The molecule has 0 aromatic carbocycles. The van der Waals surface area contributed by atoms with Crippen molar-refractivity contribution in [2.45, 2.75) is 111 Å². The van der Waals surface area contributed by atoms with Crippen LogP contribution in [0, 0.1) is 0 Å². The SMILES string of the molecule is CCCCCCC[N+](CCCCCC)(CC(O)CC)CC(O)CC.[Cl-]. The fourth-order valence-electron chi connectivity index (χ4n) is 3.63. The molecule has 0 rings (SSSR count). The van der Waals surface area contributed by atoms with E-state index in [1.807, 2.05) is 0 Å². The lowest BCUT2D eigenvalue weighted by Gasteiger charge is -2.41. The zero-order valence-electron chi connectivity index (χ0n) is 17.5. The van der Waals surface area contributed by atoms with Crippen molar-refractivity contribution >= 4 is 0 Å². The third-order valence-corrected chi connectivity index (χ3v) is 5.36. The van der Waals surface area contributed by atoms with E-state index in [1.165, 1.54) is 57.8 Å². The second-order valence-corrected chi connectivity index (χ2v) is 7.75. The van der Waals surface area contributed by atoms with Gasteiger partial charge in [0.25, 0.3) is 0 Å². The summed E-state index contributed by atoms with van der Waals surface area (Å²) in [5.74, 6) is 0. The van der Waals surface area contributed by atoms with Crippen molar-refractivity contribution in [3.05, 3.63) is 0 Å². The first-order valence-corrected chi connectivity index (χ1v) is 10.7. The summed E-state index contributed by atoms with van der Waals surface area (Å²) < 4.78 is 0.917. The lowest BCUT2D eigenvalue weighted by Crippen LogP contribution is -3.00. The Bertz CT molecular complexity index is 265. The van der Waals surface area contributed by atoms with Gasteiger partial charge in [0.15, 0.2) is 0 Å². The molecule has 0 spiro atoms. The van der Waals surface area contributed by atoms with Gasteiger partial charge < -0.3 is 27.1 Å². The number of halogens is 1. The van der Waals surface area contributed by atoms with Gasteiger partial charge in [-0.2, -0.15) is 0 Å². The first-order valence-electron chi connectivity index (χ1n) is 10.7. The second-order valence-electron chi connectivity index (χ2n) is 7.75. The van der Waals surface area contributed by atoms with E-state index in [9.17, 15) is 10.2 Å². The maximum Gasteiger partial charge on any atom is 0.105 e. The normalized spacial score (nSPS) is 16.1. The number of hydrogen-bond acceptors (Lipinski definition) is 2. The van der Waals surface area contributed by atoms with E-state index in [0.717, 1.165) is 43.5 Å². The molecule has 0 aromatic heterocycles. The van der Waals surface area contributed by atoms with Crippen LogP contribution in [-0.2, 0) is 0 Å². The van der Waals surface area contributed by atoms with Gasteiger partial charge in [0.05, 0.1) is 13.1 Å². The standard InChI is InChI=1S/C21H46NO2.ClH/c1-5-9-11-13-15-17-22(18-20(23)7-3,19-21(24)8-4)16-14-12-10-6-2;/h20-21,23-24H,5-19H2,1-4H3;1H/q+1;/p-1. The van der Waals surface area contributed by atoms with Crippen LogP contribution in [0.25, 0.3) is 0 Å². The zero-order valence-corrected chi connectivity index (χ0v) is 18.2. The van der Waals surface area contributed by atoms with Crippen LogP contribution in [0.4, 0.5) is 0 Å². The molecule has 0 fully saturated rings. The van der Waals surface area contributed by atoms with E-state index < -0.39 is 0 Å². The van der Waals surface area contributed by atoms with Gasteiger partial charge in [-0.1, -0.05) is 59.8 Å². The molecule has 0 aliphatic heterocycles. The molecule has 2 N–H and O–H groups in total. The number of hydrogen-bond donors (Lipinski definition) is 2. The Morgan fingerprint density at radius 2 is 0.960 bits per heavy atom. The topological polar surface area (TPSA) is 40.5 Å². The molecule has 4 heteroatoms. The molecule has 0 amide bonds. The molecular weight excluding hydrogens is 334 g/mol. The number of quaternary nitrogens is 1. The van der Waals surface area contributed by atoms with Gasteiger partial charge >= 0.3 is 0 Å². The summed E-state index contributed by atoms with van der Waals surface area (Å²) in [5.41, 5.74) is 0. The van der Waals surface area contributed by atoms with Crippen LogP contribution in [0.2, 0.25) is 0 Å². The Labute approximate surface area is 164 Å². The fraction of sp³-hybridized carbons (Fsp3) is 1.00. The van der Waals surface area contributed by atoms with Gasteiger partial charge in [-0.15, -0.1) is 0 Å². The first kappa shape index (κ1) is 27.4. The molecule has 0 saturated heterocycles. The van der Waals surface area contributed by atoms with Gasteiger partial charge in [-0.25, -0.2) is 0 Å². The molecule has 3 nitrogen and oxygen atoms in total. The second kappa shape index (κ2) is 17.6. The van der Waals surface area contributed by atoms with Crippen molar-refractivity contribution in [3.8, 4) is 0 Å². The minimum Gasteiger partial charge on any atom is -1.00 e. The van der Waals surface area contributed by atoms with Crippen LogP contribution in [0.15, 0.2) is 0 Å². The number of rotatable bonds is 17. The molecular formula is C21H46ClNO2. The molecule has 0 aliphatic rings. The molecule has 0 radical (unpaired) electrons. The molecule has 0 aliphatic carbocycles. The van der Waals surface area contributed by atoms with Crippen molar-refractivity contribution in [3.63, 3.8) is 0 Å². The van der Waals surface area contributed by atoms with E-state index in [-0.39, 0.29) is 24.6 Å². The molecule has 0 aromatic rings. The number of aliphatic hydroxyl groups is 2. The Hall–Kier alpha value is 0.170. The Balaban J connectivity index is 0. The summed E-state index contributed by atoms with van der Waals surface area (Å²) in [4.78, 5) is 0.